The summed E-state index contributed by atoms with van der Waals surface area (Å²) in [6, 6.07) is 5.38. The van der Waals surface area contributed by atoms with Gasteiger partial charge in [0.1, 0.15) is 0 Å². The Bertz CT molecular complexity index is 431. The highest BCUT2D eigenvalue weighted by Gasteiger charge is 2.13. The molecule has 5 heteroatoms. The molecular formula is C14H24N4O. The van der Waals surface area contributed by atoms with Gasteiger partial charge >= 0.3 is 0 Å². The number of rotatable bonds is 6. The highest BCUT2D eigenvalue weighted by Crippen LogP contribution is 2.21. The van der Waals surface area contributed by atoms with E-state index >= 15 is 0 Å². The summed E-state index contributed by atoms with van der Waals surface area (Å²) in [5, 5.41) is 2.92. The molecule has 3 N–H and O–H groups in total. The van der Waals surface area contributed by atoms with Crippen LogP contribution in [0.25, 0.3) is 0 Å². The Hall–Kier alpha value is -1.75. The first-order chi connectivity index (χ1) is 8.95. The number of nitrogens with zero attached hydrogens (tertiary/aromatic N) is 2. The van der Waals surface area contributed by atoms with E-state index in [1.54, 1.807) is 12.1 Å². The Labute approximate surface area is 115 Å². The molecule has 0 aliphatic rings. The van der Waals surface area contributed by atoms with E-state index in [4.69, 9.17) is 5.73 Å². The van der Waals surface area contributed by atoms with Crippen molar-refractivity contribution in [2.24, 2.45) is 0 Å². The first-order valence-electron chi connectivity index (χ1n) is 6.49. The second kappa shape index (κ2) is 6.99. The fourth-order valence-electron chi connectivity index (χ4n) is 1.74. The number of nitrogens with two attached hydrogens (primary N) is 1. The summed E-state index contributed by atoms with van der Waals surface area (Å²) >= 11 is 0. The lowest BCUT2D eigenvalue weighted by Crippen LogP contribution is -2.33. The van der Waals surface area contributed by atoms with E-state index in [0.29, 0.717) is 17.8 Å². The van der Waals surface area contributed by atoms with Gasteiger partial charge in [0, 0.05) is 38.6 Å². The fraction of sp³-hybridized carbons (Fsp3) is 0.500. The summed E-state index contributed by atoms with van der Waals surface area (Å²) in [7, 11) is 5.85. The van der Waals surface area contributed by atoms with Crippen molar-refractivity contribution in [3.8, 4) is 0 Å². The maximum atomic E-state index is 12.2. The first-order valence-corrected chi connectivity index (χ1v) is 6.49. The molecule has 0 aliphatic carbocycles. The number of nitrogens with one attached hydrogen (secondary N) is 1. The monoisotopic (exact) mass is 264 g/mol. The number of benzene rings is 1. The van der Waals surface area contributed by atoms with E-state index in [1.165, 1.54) is 0 Å². The maximum Gasteiger partial charge on any atom is 0.253 e. The zero-order valence-electron chi connectivity index (χ0n) is 12.2. The van der Waals surface area contributed by atoms with Crippen molar-refractivity contribution < 1.29 is 4.79 Å². The fourth-order valence-corrected chi connectivity index (χ4v) is 1.74. The van der Waals surface area contributed by atoms with Gasteiger partial charge in [0.2, 0.25) is 0 Å². The van der Waals surface area contributed by atoms with Gasteiger partial charge in [-0.05, 0) is 31.8 Å². The smallest absolute Gasteiger partial charge is 0.253 e. The molecule has 0 bridgehead atoms. The van der Waals surface area contributed by atoms with E-state index in [9.17, 15) is 4.79 Å². The van der Waals surface area contributed by atoms with Crippen molar-refractivity contribution >= 4 is 17.3 Å². The predicted molar refractivity (Wildman–Crippen MR) is 80.7 cm³/mol. The molecular weight excluding hydrogens is 240 g/mol. The molecule has 1 amide bonds. The topological polar surface area (TPSA) is 61.6 Å². The van der Waals surface area contributed by atoms with Gasteiger partial charge in [-0.1, -0.05) is 6.92 Å². The summed E-state index contributed by atoms with van der Waals surface area (Å²) < 4.78 is 0. The van der Waals surface area contributed by atoms with E-state index in [2.05, 4.69) is 17.1 Å². The van der Waals surface area contributed by atoms with Crippen LogP contribution >= 0.6 is 0 Å². The third kappa shape index (κ3) is 4.44. The van der Waals surface area contributed by atoms with Crippen LogP contribution in [0, 0.1) is 0 Å². The molecule has 19 heavy (non-hydrogen) atoms. The summed E-state index contributed by atoms with van der Waals surface area (Å²) in [5.74, 6) is -0.0829. The molecule has 1 aromatic rings. The third-order valence-electron chi connectivity index (χ3n) is 3.07. The van der Waals surface area contributed by atoms with Crippen molar-refractivity contribution in [2.45, 2.75) is 6.92 Å². The van der Waals surface area contributed by atoms with Crippen LogP contribution in [0.5, 0.6) is 0 Å². The molecule has 106 valence electrons. The Morgan fingerprint density at radius 2 is 2.00 bits per heavy atom. The van der Waals surface area contributed by atoms with Gasteiger partial charge in [-0.15, -0.1) is 0 Å². The molecule has 0 unspecified atom stereocenters. The van der Waals surface area contributed by atoms with E-state index in [0.717, 1.165) is 18.8 Å². The lowest BCUT2D eigenvalue weighted by molar-refractivity contribution is 0.0950. The zero-order valence-corrected chi connectivity index (χ0v) is 12.2. The van der Waals surface area contributed by atoms with Crippen molar-refractivity contribution in [3.05, 3.63) is 23.8 Å². The van der Waals surface area contributed by atoms with Crippen LogP contribution in [-0.2, 0) is 0 Å². The normalized spacial score (nSPS) is 10.6. The highest BCUT2D eigenvalue weighted by atomic mass is 16.1. The number of carbonyl (C=O) groups is 1. The molecule has 0 aromatic heterocycles. The number of nitrogen functional groups attached to an aromatic ring is 1. The van der Waals surface area contributed by atoms with Crippen LogP contribution in [0.15, 0.2) is 18.2 Å². The number of amides is 1. The minimum Gasteiger partial charge on any atom is -0.399 e. The van der Waals surface area contributed by atoms with Gasteiger partial charge in [0.05, 0.1) is 5.56 Å². The highest BCUT2D eigenvalue weighted by molar-refractivity contribution is 6.00. The molecule has 0 heterocycles. The van der Waals surface area contributed by atoms with E-state index in [1.807, 2.05) is 32.1 Å². The average molecular weight is 264 g/mol. The van der Waals surface area contributed by atoms with Crippen LogP contribution in [0.2, 0.25) is 0 Å². The number of carbonyl (C=O) groups excluding carboxylic acids is 1. The molecule has 0 saturated carbocycles. The molecule has 0 radical (unpaired) electrons. The lowest BCUT2D eigenvalue weighted by atomic mass is 10.1. The quantitative estimate of drug-likeness (QED) is 0.753. The van der Waals surface area contributed by atoms with E-state index in [-0.39, 0.29) is 5.91 Å². The molecule has 1 aromatic carbocycles. The number of anilines is 2. The third-order valence-corrected chi connectivity index (χ3v) is 3.07. The average Bonchev–Trinajstić information content (AvgIpc) is 2.37. The Kier molecular flexibility index (Phi) is 5.63. The van der Waals surface area contributed by atoms with Gasteiger partial charge in [0.15, 0.2) is 0 Å². The summed E-state index contributed by atoms with van der Waals surface area (Å²) in [6.45, 7) is 4.52. The van der Waals surface area contributed by atoms with E-state index < -0.39 is 0 Å². The Balaban J connectivity index is 2.73. The summed E-state index contributed by atoms with van der Waals surface area (Å²) in [4.78, 5) is 16.2. The van der Waals surface area contributed by atoms with Crippen LogP contribution in [0.3, 0.4) is 0 Å². The lowest BCUT2D eigenvalue weighted by Gasteiger charge is -2.18. The van der Waals surface area contributed by atoms with Crippen molar-refractivity contribution in [1.29, 1.82) is 0 Å². The van der Waals surface area contributed by atoms with Crippen LogP contribution in [-0.4, -0.2) is 51.6 Å². The predicted octanol–water partition coefficient (Wildman–Crippen LogP) is 1.02. The van der Waals surface area contributed by atoms with Gasteiger partial charge in [-0.3, -0.25) is 4.79 Å². The van der Waals surface area contributed by atoms with Gasteiger partial charge in [-0.2, -0.15) is 0 Å². The number of hydrogen-bond donors (Lipinski definition) is 2. The molecule has 5 nitrogen and oxygen atoms in total. The SMILES string of the molecule is CCN(C)CCNC(=O)c1cc(N)ccc1N(C)C. The molecule has 0 fully saturated rings. The molecule has 0 spiro atoms. The second-order valence-electron chi connectivity index (χ2n) is 4.82. The first kappa shape index (κ1) is 15.3. The molecule has 0 saturated heterocycles. The van der Waals surface area contributed by atoms with Crippen molar-refractivity contribution in [1.82, 2.24) is 10.2 Å². The largest absolute Gasteiger partial charge is 0.399 e. The van der Waals surface area contributed by atoms with Crippen LogP contribution in [0.4, 0.5) is 11.4 Å². The molecule has 0 atom stereocenters. The Morgan fingerprint density at radius 1 is 1.32 bits per heavy atom. The summed E-state index contributed by atoms with van der Waals surface area (Å²) in [6.07, 6.45) is 0. The second-order valence-corrected chi connectivity index (χ2v) is 4.82. The van der Waals surface area contributed by atoms with Gasteiger partial charge < -0.3 is 20.9 Å². The minimum atomic E-state index is -0.0829. The zero-order chi connectivity index (χ0) is 14.4. The molecule has 1 rings (SSSR count). The summed E-state index contributed by atoms with van der Waals surface area (Å²) in [5.41, 5.74) is 7.84. The molecule has 0 aliphatic heterocycles. The van der Waals surface area contributed by atoms with Crippen LogP contribution in [0.1, 0.15) is 17.3 Å². The van der Waals surface area contributed by atoms with Crippen LogP contribution < -0.4 is 16.0 Å². The number of likely N-dealkylation sites (N-methyl/N-ethyl adjacent to an activating group) is 1. The standard InChI is InChI=1S/C14H24N4O/c1-5-18(4)9-8-16-14(19)12-10-11(15)6-7-13(12)17(2)3/h6-7,10H,5,8-9,15H2,1-4H3,(H,16,19). The maximum absolute atomic E-state index is 12.2. The van der Waals surface area contributed by atoms with Crippen molar-refractivity contribution in [3.63, 3.8) is 0 Å². The minimum absolute atomic E-state index is 0.0829. The number of hydrogen-bond acceptors (Lipinski definition) is 4. The Morgan fingerprint density at radius 3 is 2.58 bits per heavy atom. The van der Waals surface area contributed by atoms with Gasteiger partial charge in [0.25, 0.3) is 5.91 Å². The van der Waals surface area contributed by atoms with Gasteiger partial charge in [-0.25, -0.2) is 0 Å². The van der Waals surface area contributed by atoms with Crippen molar-refractivity contribution in [2.75, 3.05) is 51.4 Å².